The van der Waals surface area contributed by atoms with Crippen LogP contribution in [0.5, 0.6) is 0 Å². The van der Waals surface area contributed by atoms with Crippen LogP contribution in [0.1, 0.15) is 42.9 Å². The molecule has 4 aliphatic rings. The van der Waals surface area contributed by atoms with E-state index >= 15 is 0 Å². The van der Waals surface area contributed by atoms with Gasteiger partial charge in [-0.3, -0.25) is 0 Å². The Morgan fingerprint density at radius 3 is 2.27 bits per heavy atom. The number of hydrogen-bond acceptors (Lipinski definition) is 2. The summed E-state index contributed by atoms with van der Waals surface area (Å²) in [4.78, 5) is 0. The molecule has 1 heterocycles. The average Bonchev–Trinajstić information content (AvgIpc) is 3.34. The molecule has 4 heteroatoms. The van der Waals surface area contributed by atoms with Crippen LogP contribution < -0.4 is 0 Å². The Labute approximate surface area is 151 Å². The van der Waals surface area contributed by atoms with Crippen LogP contribution in [0, 0.1) is 34.3 Å². The molecule has 2 bridgehead atoms. The minimum Gasteiger partial charge on any atom is -0.364 e. The van der Waals surface area contributed by atoms with E-state index in [2.05, 4.69) is 25.1 Å². The first kappa shape index (κ1) is 16.0. The number of halogens is 2. The molecule has 2 aromatic carbocycles. The van der Waals surface area contributed by atoms with Crippen LogP contribution in [0.3, 0.4) is 0 Å². The van der Waals surface area contributed by atoms with Gasteiger partial charge in [0.1, 0.15) is 17.2 Å². The van der Waals surface area contributed by atoms with E-state index in [9.17, 15) is 8.78 Å². The van der Waals surface area contributed by atoms with Gasteiger partial charge in [0.15, 0.2) is 0 Å². The third kappa shape index (κ3) is 1.92. The molecule has 3 saturated carbocycles. The van der Waals surface area contributed by atoms with Gasteiger partial charge in [0, 0.05) is 11.6 Å². The molecule has 2 atom stereocenters. The number of ether oxygens (including phenoxy) is 1. The quantitative estimate of drug-likeness (QED) is 0.741. The highest BCUT2D eigenvalue weighted by Gasteiger charge is 2.74. The molecular formula is C22H19F2NO. The molecule has 4 fully saturated rings. The maximum absolute atomic E-state index is 14.3. The van der Waals surface area contributed by atoms with E-state index in [-0.39, 0.29) is 16.7 Å². The maximum atomic E-state index is 14.3. The molecule has 0 spiro atoms. The Balaban J connectivity index is 1.37. The van der Waals surface area contributed by atoms with E-state index < -0.39 is 17.2 Å². The van der Waals surface area contributed by atoms with Crippen molar-refractivity contribution in [1.29, 1.82) is 5.26 Å². The normalized spacial score (nSPS) is 35.0. The number of nitriles is 1. The van der Waals surface area contributed by atoms with Crippen molar-refractivity contribution in [3.63, 3.8) is 0 Å². The van der Waals surface area contributed by atoms with Gasteiger partial charge in [-0.05, 0) is 59.8 Å². The summed E-state index contributed by atoms with van der Waals surface area (Å²) < 4.78 is 33.4. The Morgan fingerprint density at radius 2 is 1.73 bits per heavy atom. The van der Waals surface area contributed by atoms with Crippen LogP contribution in [0.2, 0.25) is 0 Å². The zero-order valence-electron chi connectivity index (χ0n) is 14.6. The van der Waals surface area contributed by atoms with Gasteiger partial charge in [-0.2, -0.15) is 5.26 Å². The molecule has 26 heavy (non-hydrogen) atoms. The Morgan fingerprint density at radius 1 is 1.08 bits per heavy atom. The van der Waals surface area contributed by atoms with Gasteiger partial charge in [-0.15, -0.1) is 0 Å². The maximum Gasteiger partial charge on any atom is 0.132 e. The van der Waals surface area contributed by atoms with Crippen LogP contribution in [-0.2, 0) is 15.8 Å². The first-order valence-electron chi connectivity index (χ1n) is 9.03. The third-order valence-electron chi connectivity index (χ3n) is 7.16. The molecule has 1 aliphatic heterocycles. The van der Waals surface area contributed by atoms with Crippen molar-refractivity contribution in [3.05, 3.63) is 70.8 Å². The molecule has 0 amide bonds. The largest absolute Gasteiger partial charge is 0.364 e. The van der Waals surface area contributed by atoms with Crippen molar-refractivity contribution < 1.29 is 13.5 Å². The summed E-state index contributed by atoms with van der Waals surface area (Å²) >= 11 is 0. The first-order valence-corrected chi connectivity index (χ1v) is 9.03. The van der Waals surface area contributed by atoms with E-state index in [4.69, 9.17) is 10.00 Å². The van der Waals surface area contributed by atoms with E-state index in [1.807, 2.05) is 12.1 Å². The summed E-state index contributed by atoms with van der Waals surface area (Å²) in [5.41, 5.74) is 2.24. The average molecular weight is 351 g/mol. The molecule has 2 unspecified atom stereocenters. The summed E-state index contributed by atoms with van der Waals surface area (Å²) in [6.07, 6.45) is 3.21. The van der Waals surface area contributed by atoms with Crippen molar-refractivity contribution in [1.82, 2.24) is 0 Å². The van der Waals surface area contributed by atoms with Crippen LogP contribution in [0.15, 0.2) is 42.5 Å². The number of nitrogens with zero attached hydrogens (tertiary/aromatic N) is 1. The Hall–Kier alpha value is -2.25. The van der Waals surface area contributed by atoms with Crippen LogP contribution >= 0.6 is 0 Å². The van der Waals surface area contributed by atoms with Gasteiger partial charge in [0.05, 0.1) is 18.2 Å². The van der Waals surface area contributed by atoms with Crippen molar-refractivity contribution in [2.24, 2.45) is 11.3 Å². The molecule has 0 aromatic heterocycles. The standard InChI is InChI=1S/C22H19F2NO/c1-14(22(13-26-22)18-7-6-17(23)8-19(18)24)20-10-21(11-20,12-20)16-4-2-15(9-25)3-5-16/h2-8,14H,10-13H2,1H3. The second-order valence-corrected chi connectivity index (χ2v) is 8.39. The first-order chi connectivity index (χ1) is 12.4. The molecule has 6 rings (SSSR count). The van der Waals surface area contributed by atoms with Gasteiger partial charge in [-0.25, -0.2) is 8.78 Å². The molecule has 0 radical (unpaired) electrons. The molecule has 0 N–H and O–H groups in total. The second-order valence-electron chi connectivity index (χ2n) is 8.39. The molecular weight excluding hydrogens is 332 g/mol. The van der Waals surface area contributed by atoms with Crippen molar-refractivity contribution in [2.45, 2.75) is 37.2 Å². The van der Waals surface area contributed by atoms with E-state index in [1.165, 1.54) is 17.7 Å². The highest BCUT2D eigenvalue weighted by atomic mass is 19.1. The van der Waals surface area contributed by atoms with Crippen molar-refractivity contribution >= 4 is 0 Å². The lowest BCUT2D eigenvalue weighted by atomic mass is 9.30. The lowest BCUT2D eigenvalue weighted by molar-refractivity contribution is -0.193. The minimum absolute atomic E-state index is 0.172. The monoisotopic (exact) mass is 351 g/mol. The summed E-state index contributed by atoms with van der Waals surface area (Å²) in [7, 11) is 0. The lowest BCUT2D eigenvalue weighted by Crippen LogP contribution is -2.68. The van der Waals surface area contributed by atoms with E-state index in [0.717, 1.165) is 25.3 Å². The Bertz CT molecular complexity index is 920. The van der Waals surface area contributed by atoms with Gasteiger partial charge in [0.2, 0.25) is 0 Å². The van der Waals surface area contributed by atoms with Crippen LogP contribution in [0.25, 0.3) is 0 Å². The number of hydrogen-bond donors (Lipinski definition) is 0. The number of epoxide rings is 1. The fourth-order valence-electron chi connectivity index (χ4n) is 5.57. The molecule has 3 aliphatic carbocycles. The molecule has 132 valence electrons. The van der Waals surface area contributed by atoms with Gasteiger partial charge in [0.25, 0.3) is 0 Å². The molecule has 1 saturated heterocycles. The van der Waals surface area contributed by atoms with E-state index in [0.29, 0.717) is 17.7 Å². The summed E-state index contributed by atoms with van der Waals surface area (Å²) in [5, 5.41) is 8.95. The van der Waals surface area contributed by atoms with Crippen molar-refractivity contribution in [3.8, 4) is 6.07 Å². The second kappa shape index (κ2) is 4.92. The van der Waals surface area contributed by atoms with Gasteiger partial charge < -0.3 is 4.74 Å². The van der Waals surface area contributed by atoms with Gasteiger partial charge in [-0.1, -0.05) is 25.1 Å². The SMILES string of the molecule is CC(C12CC(c3ccc(C#N)cc3)(C1)C2)C1(c2ccc(F)cc2F)CO1. The Kier molecular flexibility index (Phi) is 3.02. The van der Waals surface area contributed by atoms with Crippen LogP contribution in [0.4, 0.5) is 8.78 Å². The fraction of sp³-hybridized carbons (Fsp3) is 0.409. The predicted molar refractivity (Wildman–Crippen MR) is 92.3 cm³/mol. The topological polar surface area (TPSA) is 36.3 Å². The van der Waals surface area contributed by atoms with Crippen molar-refractivity contribution in [2.75, 3.05) is 6.61 Å². The zero-order chi connectivity index (χ0) is 18.2. The van der Waals surface area contributed by atoms with Gasteiger partial charge >= 0.3 is 0 Å². The number of benzene rings is 2. The lowest BCUT2D eigenvalue weighted by Gasteiger charge is -2.74. The summed E-state index contributed by atoms with van der Waals surface area (Å²) in [6, 6.07) is 13.8. The molecule has 2 nitrogen and oxygen atoms in total. The highest BCUT2D eigenvalue weighted by Crippen LogP contribution is 2.79. The summed E-state index contributed by atoms with van der Waals surface area (Å²) in [6.45, 7) is 2.65. The summed E-state index contributed by atoms with van der Waals surface area (Å²) in [5.74, 6) is -0.877. The number of rotatable bonds is 4. The smallest absolute Gasteiger partial charge is 0.132 e. The zero-order valence-corrected chi connectivity index (χ0v) is 14.6. The highest BCUT2D eigenvalue weighted by molar-refractivity contribution is 5.44. The minimum atomic E-state index is -0.602. The predicted octanol–water partition coefficient (Wildman–Crippen LogP) is 4.82. The molecule has 2 aromatic rings. The fourth-order valence-corrected chi connectivity index (χ4v) is 5.57. The van der Waals surface area contributed by atoms with Crippen LogP contribution in [-0.4, -0.2) is 6.61 Å². The third-order valence-corrected chi connectivity index (χ3v) is 7.16. The van der Waals surface area contributed by atoms with E-state index in [1.54, 1.807) is 0 Å².